The maximum atomic E-state index is 12.1. The number of sulfonamides is 1. The average molecular weight is 324 g/mol. The quantitative estimate of drug-likeness (QED) is 0.820. The molecule has 0 aliphatic heterocycles. The first-order chi connectivity index (χ1) is 9.89. The number of benzene rings is 1. The largest absolute Gasteiger partial charge is 0.297 e. The van der Waals surface area contributed by atoms with Crippen LogP contribution in [0.25, 0.3) is 0 Å². The van der Waals surface area contributed by atoms with Crippen molar-refractivity contribution >= 4 is 21.4 Å². The Morgan fingerprint density at radius 1 is 1.05 bits per heavy atom. The molecule has 2 aromatic rings. The molecule has 0 atom stereocenters. The summed E-state index contributed by atoms with van der Waals surface area (Å²) < 4.78 is 25.5. The highest BCUT2D eigenvalue weighted by Gasteiger charge is 2.17. The van der Waals surface area contributed by atoms with E-state index in [0.29, 0.717) is 11.4 Å². The van der Waals surface area contributed by atoms with E-state index in [1.807, 2.05) is 19.2 Å². The molecular weight excluding hydrogens is 304 g/mol. The molecule has 0 aliphatic rings. The highest BCUT2D eigenvalue weighted by Crippen LogP contribution is 2.17. The summed E-state index contributed by atoms with van der Waals surface area (Å²) in [5, 5.41) is 2.06. The number of nitrogens with zero attached hydrogens (tertiary/aromatic N) is 2. The molecule has 1 aromatic carbocycles. The Morgan fingerprint density at radius 3 is 2.43 bits per heavy atom. The fourth-order valence-electron chi connectivity index (χ4n) is 2.05. The minimum absolute atomic E-state index is 0.342. The van der Waals surface area contributed by atoms with Crippen molar-refractivity contribution in [3.63, 3.8) is 0 Å². The van der Waals surface area contributed by atoms with E-state index in [1.54, 1.807) is 43.6 Å². The molecule has 0 N–H and O–H groups in total. The summed E-state index contributed by atoms with van der Waals surface area (Å²) in [5.74, 6) is 0. The number of hydrogen-bond acceptors (Lipinski definition) is 4. The van der Waals surface area contributed by atoms with Gasteiger partial charge in [0.1, 0.15) is 0 Å². The first-order valence-corrected chi connectivity index (χ1v) is 8.94. The van der Waals surface area contributed by atoms with Crippen molar-refractivity contribution < 1.29 is 8.42 Å². The molecule has 0 spiro atoms. The molecule has 4 nitrogen and oxygen atoms in total. The SMILES string of the molecule is CN(Cc1cccc(S(=O)(=O)N(C)C)c1)Cc1cccs1. The third-order valence-electron chi connectivity index (χ3n) is 3.14. The summed E-state index contributed by atoms with van der Waals surface area (Å²) in [6.07, 6.45) is 0. The monoisotopic (exact) mass is 324 g/mol. The predicted molar refractivity (Wildman–Crippen MR) is 86.8 cm³/mol. The number of rotatable bonds is 6. The first kappa shape index (κ1) is 16.2. The van der Waals surface area contributed by atoms with Crippen molar-refractivity contribution in [1.29, 1.82) is 0 Å². The molecule has 0 fully saturated rings. The van der Waals surface area contributed by atoms with Gasteiger partial charge in [0.25, 0.3) is 0 Å². The molecule has 2 rings (SSSR count). The van der Waals surface area contributed by atoms with Crippen LogP contribution in [0.1, 0.15) is 10.4 Å². The van der Waals surface area contributed by atoms with Crippen molar-refractivity contribution in [2.75, 3.05) is 21.1 Å². The van der Waals surface area contributed by atoms with Gasteiger partial charge in [-0.1, -0.05) is 18.2 Å². The Morgan fingerprint density at radius 2 is 1.81 bits per heavy atom. The van der Waals surface area contributed by atoms with Gasteiger partial charge in [-0.3, -0.25) is 4.90 Å². The highest BCUT2D eigenvalue weighted by molar-refractivity contribution is 7.89. The topological polar surface area (TPSA) is 40.6 Å². The van der Waals surface area contributed by atoms with Crippen LogP contribution in [-0.2, 0) is 23.1 Å². The summed E-state index contributed by atoms with van der Waals surface area (Å²) in [5.41, 5.74) is 0.997. The minimum Gasteiger partial charge on any atom is -0.297 e. The maximum absolute atomic E-state index is 12.1. The van der Waals surface area contributed by atoms with Gasteiger partial charge in [0.2, 0.25) is 10.0 Å². The normalized spacial score (nSPS) is 12.2. The van der Waals surface area contributed by atoms with Gasteiger partial charge in [-0.25, -0.2) is 12.7 Å². The lowest BCUT2D eigenvalue weighted by Crippen LogP contribution is -2.22. The fourth-order valence-corrected chi connectivity index (χ4v) is 3.81. The third kappa shape index (κ3) is 4.14. The predicted octanol–water partition coefficient (Wildman–Crippen LogP) is 2.63. The van der Waals surface area contributed by atoms with Crippen molar-refractivity contribution in [1.82, 2.24) is 9.21 Å². The van der Waals surface area contributed by atoms with Crippen molar-refractivity contribution in [2.45, 2.75) is 18.0 Å². The Balaban J connectivity index is 2.11. The van der Waals surface area contributed by atoms with E-state index in [0.717, 1.165) is 12.1 Å². The maximum Gasteiger partial charge on any atom is 0.242 e. The summed E-state index contributed by atoms with van der Waals surface area (Å²) in [6, 6.07) is 11.3. The van der Waals surface area contributed by atoms with E-state index in [2.05, 4.69) is 16.3 Å². The van der Waals surface area contributed by atoms with Gasteiger partial charge >= 0.3 is 0 Å². The van der Waals surface area contributed by atoms with Crippen LogP contribution in [-0.4, -0.2) is 38.8 Å². The zero-order valence-electron chi connectivity index (χ0n) is 12.5. The molecule has 0 amide bonds. The Bertz CT molecular complexity index is 679. The molecular formula is C15H20N2O2S2. The highest BCUT2D eigenvalue weighted by atomic mass is 32.2. The summed E-state index contributed by atoms with van der Waals surface area (Å²) in [7, 11) is 1.76. The summed E-state index contributed by atoms with van der Waals surface area (Å²) >= 11 is 1.73. The molecule has 21 heavy (non-hydrogen) atoms. The number of hydrogen-bond donors (Lipinski definition) is 0. The molecule has 1 heterocycles. The van der Waals surface area contributed by atoms with E-state index in [4.69, 9.17) is 0 Å². The van der Waals surface area contributed by atoms with Gasteiger partial charge in [0.05, 0.1) is 4.90 Å². The Hall–Kier alpha value is -1.21. The molecule has 0 radical (unpaired) electrons. The zero-order valence-corrected chi connectivity index (χ0v) is 14.1. The summed E-state index contributed by atoms with van der Waals surface area (Å²) in [4.78, 5) is 3.82. The van der Waals surface area contributed by atoms with Crippen LogP contribution < -0.4 is 0 Å². The van der Waals surface area contributed by atoms with Gasteiger partial charge < -0.3 is 0 Å². The molecule has 1 aromatic heterocycles. The van der Waals surface area contributed by atoms with Crippen molar-refractivity contribution in [2.24, 2.45) is 0 Å². The molecule has 0 aliphatic carbocycles. The second-order valence-electron chi connectivity index (χ2n) is 5.19. The summed E-state index contributed by atoms with van der Waals surface area (Å²) in [6.45, 7) is 1.58. The smallest absolute Gasteiger partial charge is 0.242 e. The Kier molecular flexibility index (Phi) is 5.16. The van der Waals surface area contributed by atoms with Gasteiger partial charge in [0, 0.05) is 32.1 Å². The van der Waals surface area contributed by atoms with Crippen LogP contribution in [0, 0.1) is 0 Å². The lowest BCUT2D eigenvalue weighted by atomic mass is 10.2. The second kappa shape index (κ2) is 6.70. The molecule has 114 valence electrons. The van der Waals surface area contributed by atoms with E-state index in [1.165, 1.54) is 9.18 Å². The first-order valence-electron chi connectivity index (χ1n) is 6.62. The molecule has 0 bridgehead atoms. The van der Waals surface area contributed by atoms with Gasteiger partial charge in [-0.05, 0) is 36.2 Å². The van der Waals surface area contributed by atoms with E-state index in [9.17, 15) is 8.42 Å². The van der Waals surface area contributed by atoms with Crippen LogP contribution in [0.5, 0.6) is 0 Å². The van der Waals surface area contributed by atoms with E-state index in [-0.39, 0.29) is 0 Å². The Labute approximate surface area is 130 Å². The fraction of sp³-hybridized carbons (Fsp3) is 0.333. The van der Waals surface area contributed by atoms with Crippen LogP contribution >= 0.6 is 11.3 Å². The zero-order chi connectivity index (χ0) is 15.5. The molecule has 0 saturated carbocycles. The minimum atomic E-state index is -3.37. The lowest BCUT2D eigenvalue weighted by Gasteiger charge is -2.17. The van der Waals surface area contributed by atoms with E-state index < -0.39 is 10.0 Å². The van der Waals surface area contributed by atoms with Crippen LogP contribution in [0.3, 0.4) is 0 Å². The van der Waals surface area contributed by atoms with Gasteiger partial charge in [-0.2, -0.15) is 0 Å². The van der Waals surface area contributed by atoms with Crippen LogP contribution in [0.2, 0.25) is 0 Å². The standard InChI is InChI=1S/C15H20N2O2S2/c1-16(2)21(18,19)15-8-4-6-13(10-15)11-17(3)12-14-7-5-9-20-14/h4-10H,11-12H2,1-3H3. The van der Waals surface area contributed by atoms with Crippen LogP contribution in [0.15, 0.2) is 46.7 Å². The average Bonchev–Trinajstić information content (AvgIpc) is 2.91. The third-order valence-corrected chi connectivity index (χ3v) is 5.81. The van der Waals surface area contributed by atoms with Gasteiger partial charge in [0.15, 0.2) is 0 Å². The second-order valence-corrected chi connectivity index (χ2v) is 8.37. The molecule has 6 heteroatoms. The number of thiophene rings is 1. The van der Waals surface area contributed by atoms with Crippen molar-refractivity contribution in [3.05, 3.63) is 52.2 Å². The van der Waals surface area contributed by atoms with Crippen molar-refractivity contribution in [3.8, 4) is 0 Å². The molecule has 0 unspecified atom stereocenters. The van der Waals surface area contributed by atoms with E-state index >= 15 is 0 Å². The van der Waals surface area contributed by atoms with Gasteiger partial charge in [-0.15, -0.1) is 11.3 Å². The molecule has 0 saturated heterocycles. The lowest BCUT2D eigenvalue weighted by molar-refractivity contribution is 0.321. The van der Waals surface area contributed by atoms with Crippen LogP contribution in [0.4, 0.5) is 0 Å².